The van der Waals surface area contributed by atoms with E-state index in [9.17, 15) is 0 Å². The van der Waals surface area contributed by atoms with Gasteiger partial charge in [0.15, 0.2) is 0 Å². The lowest BCUT2D eigenvalue weighted by molar-refractivity contribution is 0.647. The number of nitrogens with one attached hydrogen (secondary N) is 1. The second-order valence-corrected chi connectivity index (χ2v) is 4.76. The Bertz CT molecular complexity index is 311. The van der Waals surface area contributed by atoms with E-state index in [-0.39, 0.29) is 0 Å². The normalized spacial score (nSPS) is 12.6. The van der Waals surface area contributed by atoms with Gasteiger partial charge >= 0.3 is 0 Å². The Morgan fingerprint density at radius 3 is 2.50 bits per heavy atom. The minimum absolute atomic E-state index is 0.890. The number of unbranched alkanes of at least 4 members (excludes halogenated alkanes) is 3. The highest BCUT2D eigenvalue weighted by molar-refractivity contribution is 5.35. The Morgan fingerprint density at radius 2 is 1.94 bits per heavy atom. The average Bonchev–Trinajstić information content (AvgIpc) is 2.34. The summed E-state index contributed by atoms with van der Waals surface area (Å²) >= 11 is 0. The molecule has 1 N–H and O–H groups in total. The van der Waals surface area contributed by atoms with Crippen LogP contribution in [0.5, 0.6) is 0 Å². The first-order valence-electron chi connectivity index (χ1n) is 6.73. The van der Waals surface area contributed by atoms with Crippen LogP contribution < -0.4 is 5.32 Å². The quantitative estimate of drug-likeness (QED) is 0.265. The Morgan fingerprint density at radius 1 is 1.22 bits per heavy atom. The van der Waals surface area contributed by atoms with E-state index in [0.717, 1.165) is 30.7 Å². The summed E-state index contributed by atoms with van der Waals surface area (Å²) in [6.07, 6.45) is 10.2. The first-order valence-corrected chi connectivity index (χ1v) is 6.73. The van der Waals surface area contributed by atoms with Gasteiger partial charge in [0.1, 0.15) is 0 Å². The van der Waals surface area contributed by atoms with Crippen molar-refractivity contribution in [3.8, 4) is 0 Å². The van der Waals surface area contributed by atoms with Crippen molar-refractivity contribution in [3.63, 3.8) is 0 Å². The zero-order chi connectivity index (χ0) is 13.8. The Labute approximate surface area is 113 Å². The molecular weight excluding hydrogens is 220 g/mol. The van der Waals surface area contributed by atoms with Crippen LogP contribution >= 0.6 is 0 Å². The molecule has 0 aromatic carbocycles. The highest BCUT2D eigenvalue weighted by Gasteiger charge is 1.98. The highest BCUT2D eigenvalue weighted by atomic mass is 14.8. The van der Waals surface area contributed by atoms with Crippen molar-refractivity contribution in [1.82, 2.24) is 5.32 Å². The zero-order valence-electron chi connectivity index (χ0n) is 12.3. The summed E-state index contributed by atoms with van der Waals surface area (Å²) in [7, 11) is 2.00. The van der Waals surface area contributed by atoms with Crippen LogP contribution in [0.15, 0.2) is 40.6 Å². The van der Waals surface area contributed by atoms with Gasteiger partial charge in [0.2, 0.25) is 0 Å². The zero-order valence-corrected chi connectivity index (χ0v) is 12.3. The molecule has 2 heteroatoms. The van der Waals surface area contributed by atoms with E-state index < -0.39 is 0 Å². The van der Waals surface area contributed by atoms with Crippen molar-refractivity contribution in [2.24, 2.45) is 4.99 Å². The van der Waals surface area contributed by atoms with Crippen molar-refractivity contribution in [2.75, 3.05) is 13.6 Å². The second-order valence-electron chi connectivity index (χ2n) is 4.76. The van der Waals surface area contributed by atoms with Gasteiger partial charge in [-0.2, -0.15) is 0 Å². The standard InChI is InChI=1S/C16H28N2/c1-14(2)13-16(15(3)18-5)11-9-7-6-8-10-12-17-4/h9,11,17H,1,5-8,10,12-13H2,2-4H3/b11-9-,16-15+. The number of nitrogens with zero attached hydrogens (tertiary/aromatic N) is 1. The lowest BCUT2D eigenvalue weighted by Crippen LogP contribution is -2.06. The minimum atomic E-state index is 0.890. The minimum Gasteiger partial charge on any atom is -0.320 e. The van der Waals surface area contributed by atoms with Crippen molar-refractivity contribution in [3.05, 3.63) is 35.6 Å². The Hall–Kier alpha value is -1.15. The van der Waals surface area contributed by atoms with Crippen LogP contribution in [-0.2, 0) is 0 Å². The molecule has 0 aromatic heterocycles. The molecule has 18 heavy (non-hydrogen) atoms. The first-order chi connectivity index (χ1) is 8.61. The number of hydrogen-bond acceptors (Lipinski definition) is 2. The van der Waals surface area contributed by atoms with Crippen LogP contribution in [0, 0.1) is 0 Å². The summed E-state index contributed by atoms with van der Waals surface area (Å²) in [5.74, 6) is 0. The maximum Gasteiger partial charge on any atom is 0.0400 e. The molecule has 0 rings (SSSR count). The molecule has 0 atom stereocenters. The van der Waals surface area contributed by atoms with Crippen molar-refractivity contribution in [2.45, 2.75) is 46.0 Å². The van der Waals surface area contributed by atoms with Gasteiger partial charge in [0.25, 0.3) is 0 Å². The fraction of sp³-hybridized carbons (Fsp3) is 0.562. The molecule has 0 bridgehead atoms. The van der Waals surface area contributed by atoms with E-state index in [1.165, 1.54) is 24.8 Å². The SMILES string of the molecule is C=N/C(C)=C(\C=C/CCCCCNC)CC(=C)C. The molecule has 0 amide bonds. The molecule has 0 saturated heterocycles. The third kappa shape index (κ3) is 8.94. The van der Waals surface area contributed by atoms with Crippen LogP contribution in [0.2, 0.25) is 0 Å². The third-order valence-electron chi connectivity index (χ3n) is 2.81. The summed E-state index contributed by atoms with van der Waals surface area (Å²) in [5.41, 5.74) is 3.39. The highest BCUT2D eigenvalue weighted by Crippen LogP contribution is 2.16. The Kier molecular flexibility index (Phi) is 10.3. The molecule has 0 spiro atoms. The fourth-order valence-corrected chi connectivity index (χ4v) is 1.70. The van der Waals surface area contributed by atoms with Crippen LogP contribution in [0.4, 0.5) is 0 Å². The molecule has 0 aliphatic heterocycles. The fourth-order valence-electron chi connectivity index (χ4n) is 1.70. The Balaban J connectivity index is 4.09. The monoisotopic (exact) mass is 248 g/mol. The van der Waals surface area contributed by atoms with Gasteiger partial charge in [-0.15, -0.1) is 0 Å². The van der Waals surface area contributed by atoms with Crippen molar-refractivity contribution in [1.29, 1.82) is 0 Å². The molecule has 0 unspecified atom stereocenters. The summed E-state index contributed by atoms with van der Waals surface area (Å²) in [5, 5.41) is 3.17. The molecule has 0 fully saturated rings. The molecule has 0 saturated carbocycles. The van der Waals surface area contributed by atoms with Crippen molar-refractivity contribution < 1.29 is 0 Å². The van der Waals surface area contributed by atoms with Gasteiger partial charge in [-0.3, -0.25) is 4.99 Å². The van der Waals surface area contributed by atoms with E-state index in [4.69, 9.17) is 0 Å². The third-order valence-corrected chi connectivity index (χ3v) is 2.81. The smallest absolute Gasteiger partial charge is 0.0400 e. The number of rotatable bonds is 10. The predicted octanol–water partition coefficient (Wildman–Crippen LogP) is 4.26. The molecule has 2 nitrogen and oxygen atoms in total. The molecule has 0 aliphatic rings. The molecular formula is C16H28N2. The molecule has 102 valence electrons. The van der Waals surface area contributed by atoms with Gasteiger partial charge in [-0.05, 0) is 65.4 Å². The number of aliphatic imine (C=N–C) groups is 1. The first kappa shape index (κ1) is 16.9. The lowest BCUT2D eigenvalue weighted by atomic mass is 10.0. The van der Waals surface area contributed by atoms with Gasteiger partial charge in [0, 0.05) is 5.70 Å². The van der Waals surface area contributed by atoms with Gasteiger partial charge < -0.3 is 5.32 Å². The molecule has 0 radical (unpaired) electrons. The summed E-state index contributed by atoms with van der Waals surface area (Å²) in [4.78, 5) is 4.01. The van der Waals surface area contributed by atoms with Crippen LogP contribution in [0.3, 0.4) is 0 Å². The molecule has 0 heterocycles. The maximum atomic E-state index is 4.01. The van der Waals surface area contributed by atoms with Crippen LogP contribution in [-0.4, -0.2) is 20.3 Å². The number of hydrogen-bond donors (Lipinski definition) is 1. The summed E-state index contributed by atoms with van der Waals surface area (Å²) in [6.45, 7) is 12.7. The van der Waals surface area contributed by atoms with E-state index >= 15 is 0 Å². The van der Waals surface area contributed by atoms with Gasteiger partial charge in [-0.25, -0.2) is 0 Å². The van der Waals surface area contributed by atoms with Crippen LogP contribution in [0.1, 0.15) is 46.0 Å². The average molecular weight is 248 g/mol. The summed E-state index contributed by atoms with van der Waals surface area (Å²) < 4.78 is 0. The van der Waals surface area contributed by atoms with Crippen LogP contribution in [0.25, 0.3) is 0 Å². The van der Waals surface area contributed by atoms with Gasteiger partial charge in [0.05, 0.1) is 0 Å². The van der Waals surface area contributed by atoms with E-state index in [1.54, 1.807) is 0 Å². The number of allylic oxidation sites excluding steroid dienone is 5. The van der Waals surface area contributed by atoms with E-state index in [1.807, 2.05) is 20.9 Å². The molecule has 0 aliphatic carbocycles. The predicted molar refractivity (Wildman–Crippen MR) is 83.2 cm³/mol. The van der Waals surface area contributed by atoms with E-state index in [0.29, 0.717) is 0 Å². The van der Waals surface area contributed by atoms with E-state index in [2.05, 4.69) is 35.8 Å². The van der Waals surface area contributed by atoms with Gasteiger partial charge in [-0.1, -0.05) is 30.7 Å². The largest absolute Gasteiger partial charge is 0.320 e. The maximum absolute atomic E-state index is 4.01. The topological polar surface area (TPSA) is 24.4 Å². The van der Waals surface area contributed by atoms with Crippen molar-refractivity contribution >= 4 is 6.72 Å². The molecule has 0 aromatic rings. The lowest BCUT2D eigenvalue weighted by Gasteiger charge is -2.04. The summed E-state index contributed by atoms with van der Waals surface area (Å²) in [6, 6.07) is 0. The second kappa shape index (κ2) is 11.0.